The van der Waals surface area contributed by atoms with Crippen LogP contribution in [0, 0.1) is 23.6 Å². The van der Waals surface area contributed by atoms with E-state index in [4.69, 9.17) is 5.73 Å². The zero-order valence-corrected chi connectivity index (χ0v) is 15.8. The molecule has 0 spiro atoms. The average Bonchev–Trinajstić information content (AvgIpc) is 3.36. The maximum absolute atomic E-state index is 14.9. The first-order valence-electron chi connectivity index (χ1n) is 9.11. The number of alkyl halides is 2. The van der Waals surface area contributed by atoms with E-state index in [-0.39, 0.29) is 35.1 Å². The number of hydrogen-bond acceptors (Lipinski definition) is 4. The first-order valence-corrected chi connectivity index (χ1v) is 9.11. The van der Waals surface area contributed by atoms with Crippen molar-refractivity contribution in [1.82, 2.24) is 20.1 Å². The van der Waals surface area contributed by atoms with Crippen LogP contribution in [-0.4, -0.2) is 32.6 Å². The molecule has 1 saturated carbocycles. The Kier molecular flexibility index (Phi) is 4.45. The summed E-state index contributed by atoms with van der Waals surface area (Å²) in [5, 5.41) is 8.44. The summed E-state index contributed by atoms with van der Waals surface area (Å²) >= 11 is 0. The molecule has 1 aliphatic carbocycles. The normalized spacial score (nSPS) is 20.5. The van der Waals surface area contributed by atoms with Crippen LogP contribution in [0.25, 0.3) is 0 Å². The molecule has 1 aromatic heterocycles. The largest absolute Gasteiger partial charge is 0.363 e. The number of nitrogens with zero attached hydrogens (tertiary/aromatic N) is 3. The summed E-state index contributed by atoms with van der Waals surface area (Å²) in [7, 11) is 0. The Bertz CT molecular complexity index is 1110. The highest BCUT2D eigenvalue weighted by Crippen LogP contribution is 2.44. The van der Waals surface area contributed by atoms with Gasteiger partial charge in [0.1, 0.15) is 12.1 Å². The maximum Gasteiger partial charge on any atom is 0.320 e. The number of amides is 3. The number of rotatable bonds is 4. The smallest absolute Gasteiger partial charge is 0.320 e. The van der Waals surface area contributed by atoms with E-state index >= 15 is 0 Å². The van der Waals surface area contributed by atoms with Gasteiger partial charge in [0.2, 0.25) is 5.82 Å². The van der Waals surface area contributed by atoms with E-state index in [0.29, 0.717) is 6.92 Å². The molecule has 0 bridgehead atoms. The van der Waals surface area contributed by atoms with Gasteiger partial charge in [0.15, 0.2) is 5.54 Å². The molecule has 156 valence electrons. The number of anilines is 1. The fourth-order valence-electron chi connectivity index (χ4n) is 3.27. The second-order valence-corrected chi connectivity index (χ2v) is 7.36. The summed E-state index contributed by atoms with van der Waals surface area (Å²) in [6.45, 7) is 0.383. The van der Waals surface area contributed by atoms with E-state index in [1.807, 2.05) is 0 Å². The predicted octanol–water partition coefficient (Wildman–Crippen LogP) is 1.96. The number of fused-ring (bicyclic) bond motifs is 1. The Labute approximate surface area is 169 Å². The Morgan fingerprint density at radius 2 is 2.17 bits per heavy atom. The highest BCUT2D eigenvalue weighted by Gasteiger charge is 2.55. The van der Waals surface area contributed by atoms with Crippen molar-refractivity contribution in [3.8, 4) is 11.8 Å². The zero-order valence-electron chi connectivity index (χ0n) is 15.8. The van der Waals surface area contributed by atoms with Gasteiger partial charge in [0.25, 0.3) is 11.8 Å². The molecule has 8 nitrogen and oxygen atoms in total. The van der Waals surface area contributed by atoms with Gasteiger partial charge in [-0.2, -0.15) is 5.10 Å². The zero-order chi connectivity index (χ0) is 21.7. The third-order valence-corrected chi connectivity index (χ3v) is 5.00. The maximum atomic E-state index is 14.9. The first kappa shape index (κ1) is 19.8. The minimum Gasteiger partial charge on any atom is -0.363 e. The van der Waals surface area contributed by atoms with Crippen LogP contribution in [0.2, 0.25) is 0 Å². The minimum absolute atomic E-state index is 0.00702. The number of primary amides is 1. The number of carbonyl (C=O) groups is 2. The minimum atomic E-state index is -3.50. The molecule has 2 aromatic rings. The van der Waals surface area contributed by atoms with Crippen LogP contribution in [0.15, 0.2) is 18.5 Å². The van der Waals surface area contributed by atoms with Gasteiger partial charge in [-0.25, -0.2) is 27.6 Å². The van der Waals surface area contributed by atoms with Crippen molar-refractivity contribution in [2.75, 3.05) is 5.32 Å². The van der Waals surface area contributed by atoms with E-state index in [1.165, 1.54) is 6.07 Å². The molecule has 4 N–H and O–H groups in total. The molecular weight excluding hydrogens is 401 g/mol. The lowest BCUT2D eigenvalue weighted by Gasteiger charge is -2.40. The third-order valence-electron chi connectivity index (χ3n) is 5.00. The summed E-state index contributed by atoms with van der Waals surface area (Å²) in [4.78, 5) is 27.3. The molecule has 3 amide bonds. The fourth-order valence-corrected chi connectivity index (χ4v) is 3.27. The molecule has 0 radical (unpaired) electrons. The topological polar surface area (TPSA) is 115 Å². The lowest BCUT2D eigenvalue weighted by molar-refractivity contribution is -0.0465. The second-order valence-electron chi connectivity index (χ2n) is 7.36. The molecule has 1 aliphatic heterocycles. The predicted molar refractivity (Wildman–Crippen MR) is 99.0 cm³/mol. The van der Waals surface area contributed by atoms with Crippen molar-refractivity contribution in [3.63, 3.8) is 0 Å². The fraction of sp³-hybridized carbons (Fsp3) is 0.368. The molecule has 2 aliphatic rings. The van der Waals surface area contributed by atoms with Crippen LogP contribution < -0.4 is 16.4 Å². The second kappa shape index (κ2) is 6.76. The van der Waals surface area contributed by atoms with Gasteiger partial charge >= 0.3 is 6.03 Å². The van der Waals surface area contributed by atoms with Crippen molar-refractivity contribution in [2.45, 2.75) is 37.8 Å². The van der Waals surface area contributed by atoms with Crippen molar-refractivity contribution in [1.29, 1.82) is 0 Å². The SMILES string of the molecule is CC(F)(F)[C@@]1(C#CC2CC2)NC(=O)Nc2cc(Cn3ncnc3C(N)=O)c(F)cc21. The molecule has 1 aromatic carbocycles. The van der Waals surface area contributed by atoms with Crippen molar-refractivity contribution in [3.05, 3.63) is 41.2 Å². The summed E-state index contributed by atoms with van der Waals surface area (Å²) < 4.78 is 45.5. The van der Waals surface area contributed by atoms with Crippen molar-refractivity contribution in [2.24, 2.45) is 11.7 Å². The van der Waals surface area contributed by atoms with E-state index in [9.17, 15) is 22.8 Å². The standard InChI is InChI=1S/C19H17F3N6O2/c1-18(21,22)19(5-4-10-2-3-10)12-7-13(20)11(6-14(12)26-17(30)27-19)8-28-16(15(23)29)24-9-25-28/h6-7,9-10H,2-3,8H2,1H3,(H2,23,29)(H2,26,27,30)/t19-/m0/s1. The van der Waals surface area contributed by atoms with E-state index in [1.54, 1.807) is 0 Å². The van der Waals surface area contributed by atoms with Gasteiger partial charge in [0.05, 0.1) is 6.54 Å². The molecule has 0 unspecified atom stereocenters. The van der Waals surface area contributed by atoms with Gasteiger partial charge in [-0.05, 0) is 25.0 Å². The summed E-state index contributed by atoms with van der Waals surface area (Å²) in [5.41, 5.74) is 2.63. The Morgan fingerprint density at radius 3 is 2.80 bits per heavy atom. The van der Waals surface area contributed by atoms with Crippen LogP contribution >= 0.6 is 0 Å². The quantitative estimate of drug-likeness (QED) is 0.659. The molecule has 1 fully saturated rings. The van der Waals surface area contributed by atoms with E-state index < -0.39 is 29.2 Å². The monoisotopic (exact) mass is 418 g/mol. The van der Waals surface area contributed by atoms with Crippen LogP contribution in [0.1, 0.15) is 41.5 Å². The number of nitrogens with one attached hydrogen (secondary N) is 2. The van der Waals surface area contributed by atoms with Crippen LogP contribution in [0.5, 0.6) is 0 Å². The Hall–Kier alpha value is -3.55. The summed E-state index contributed by atoms with van der Waals surface area (Å²) in [6, 6.07) is 1.25. The molecule has 2 heterocycles. The number of carbonyl (C=O) groups excluding carboxylic acids is 2. The number of urea groups is 1. The Balaban J connectivity index is 1.82. The molecule has 11 heteroatoms. The number of benzene rings is 1. The highest BCUT2D eigenvalue weighted by molar-refractivity contribution is 5.95. The third kappa shape index (κ3) is 3.34. The number of aromatic nitrogens is 3. The molecule has 4 rings (SSSR count). The van der Waals surface area contributed by atoms with Gasteiger partial charge in [-0.1, -0.05) is 11.8 Å². The molecular formula is C19H17F3N6O2. The van der Waals surface area contributed by atoms with Crippen LogP contribution in [0.3, 0.4) is 0 Å². The van der Waals surface area contributed by atoms with Crippen LogP contribution in [0.4, 0.5) is 23.7 Å². The lowest BCUT2D eigenvalue weighted by atomic mass is 9.81. The Morgan fingerprint density at radius 1 is 1.43 bits per heavy atom. The van der Waals surface area contributed by atoms with Gasteiger partial charge in [-0.3, -0.25) is 4.79 Å². The number of halogens is 3. The van der Waals surface area contributed by atoms with Crippen molar-refractivity contribution >= 4 is 17.6 Å². The summed E-state index contributed by atoms with van der Waals surface area (Å²) in [6.07, 6.45) is 2.67. The molecule has 0 saturated heterocycles. The average molecular weight is 418 g/mol. The molecule has 30 heavy (non-hydrogen) atoms. The molecule has 1 atom stereocenters. The van der Waals surface area contributed by atoms with Crippen LogP contribution in [-0.2, 0) is 12.1 Å². The van der Waals surface area contributed by atoms with Gasteiger partial charge in [0, 0.05) is 29.7 Å². The van der Waals surface area contributed by atoms with Gasteiger partial charge in [-0.15, -0.1) is 0 Å². The summed E-state index contributed by atoms with van der Waals surface area (Å²) in [5.74, 6) is -0.125. The highest BCUT2D eigenvalue weighted by atomic mass is 19.3. The van der Waals surface area contributed by atoms with Crippen molar-refractivity contribution < 1.29 is 22.8 Å². The number of nitrogens with two attached hydrogens (primary N) is 1. The number of hydrogen-bond donors (Lipinski definition) is 3. The lowest BCUT2D eigenvalue weighted by Crippen LogP contribution is -2.59. The van der Waals surface area contributed by atoms with E-state index in [2.05, 4.69) is 32.6 Å². The van der Waals surface area contributed by atoms with Gasteiger partial charge < -0.3 is 16.4 Å². The first-order chi connectivity index (χ1) is 14.1. The van der Waals surface area contributed by atoms with E-state index in [0.717, 1.165) is 29.9 Å².